The van der Waals surface area contributed by atoms with Gasteiger partial charge in [0.15, 0.2) is 0 Å². The van der Waals surface area contributed by atoms with Gasteiger partial charge in [-0.1, -0.05) is 25.1 Å². The Kier molecular flexibility index (Phi) is 2.69. The second-order valence-electron chi connectivity index (χ2n) is 4.07. The van der Waals surface area contributed by atoms with Gasteiger partial charge < -0.3 is 5.73 Å². The molecule has 1 heterocycles. The molecule has 0 radical (unpaired) electrons. The van der Waals surface area contributed by atoms with Gasteiger partial charge in [0.2, 0.25) is 0 Å². The molecule has 1 atom stereocenters. The Labute approximate surface area is 90.1 Å². The fourth-order valence-electron chi connectivity index (χ4n) is 1.82. The van der Waals surface area contributed by atoms with Crippen molar-refractivity contribution in [2.75, 3.05) is 6.54 Å². The molecule has 1 aromatic heterocycles. The Balaban J connectivity index is 2.66. The molecule has 0 bridgehead atoms. The number of benzene rings is 1. The van der Waals surface area contributed by atoms with Crippen molar-refractivity contribution in [3.63, 3.8) is 0 Å². The molecule has 2 rings (SSSR count). The predicted molar refractivity (Wildman–Crippen MR) is 63.9 cm³/mol. The minimum absolute atomic E-state index is 0.365. The summed E-state index contributed by atoms with van der Waals surface area (Å²) >= 11 is 0. The maximum Gasteiger partial charge on any atom is 0.0737 e. The van der Waals surface area contributed by atoms with E-state index < -0.39 is 0 Å². The van der Waals surface area contributed by atoms with Crippen molar-refractivity contribution >= 4 is 10.9 Å². The van der Waals surface area contributed by atoms with E-state index >= 15 is 0 Å². The zero-order valence-corrected chi connectivity index (χ0v) is 9.20. The summed E-state index contributed by atoms with van der Waals surface area (Å²) in [4.78, 5) is 4.49. The monoisotopic (exact) mass is 200 g/mol. The van der Waals surface area contributed by atoms with Crippen LogP contribution in [0.3, 0.4) is 0 Å². The lowest BCUT2D eigenvalue weighted by Gasteiger charge is -2.11. The molecular formula is C13H16N2. The van der Waals surface area contributed by atoms with Gasteiger partial charge in [0.05, 0.1) is 5.52 Å². The van der Waals surface area contributed by atoms with Crippen LogP contribution >= 0.6 is 0 Å². The van der Waals surface area contributed by atoms with Gasteiger partial charge in [-0.25, -0.2) is 0 Å². The molecule has 0 fully saturated rings. The van der Waals surface area contributed by atoms with Gasteiger partial charge in [0, 0.05) is 11.6 Å². The van der Waals surface area contributed by atoms with E-state index in [2.05, 4.69) is 43.1 Å². The van der Waals surface area contributed by atoms with Crippen molar-refractivity contribution in [2.45, 2.75) is 19.8 Å². The molecule has 15 heavy (non-hydrogen) atoms. The van der Waals surface area contributed by atoms with E-state index in [4.69, 9.17) is 5.73 Å². The van der Waals surface area contributed by atoms with Gasteiger partial charge in [-0.15, -0.1) is 0 Å². The molecule has 0 saturated heterocycles. The van der Waals surface area contributed by atoms with Crippen LogP contribution in [0.15, 0.2) is 30.5 Å². The number of aryl methyl sites for hydroxylation is 1. The van der Waals surface area contributed by atoms with Gasteiger partial charge in [0.1, 0.15) is 0 Å². The van der Waals surface area contributed by atoms with Crippen molar-refractivity contribution in [3.05, 3.63) is 41.6 Å². The Morgan fingerprint density at radius 2 is 2.20 bits per heavy atom. The molecule has 0 saturated carbocycles. The quantitative estimate of drug-likeness (QED) is 0.809. The predicted octanol–water partition coefficient (Wildman–Crippen LogP) is 2.61. The summed E-state index contributed by atoms with van der Waals surface area (Å²) in [5.41, 5.74) is 9.22. The number of nitrogens with two attached hydrogens (primary N) is 1. The normalized spacial score (nSPS) is 13.0. The molecule has 0 amide bonds. The largest absolute Gasteiger partial charge is 0.330 e. The average molecular weight is 200 g/mol. The lowest BCUT2D eigenvalue weighted by molar-refractivity contribution is 0.779. The van der Waals surface area contributed by atoms with Gasteiger partial charge in [-0.2, -0.15) is 0 Å². The summed E-state index contributed by atoms with van der Waals surface area (Å²) in [6.07, 6.45) is 1.91. The van der Waals surface area contributed by atoms with Gasteiger partial charge in [-0.05, 0) is 36.6 Å². The number of hydrogen-bond donors (Lipinski definition) is 1. The number of fused-ring (bicyclic) bond motifs is 1. The third-order valence-electron chi connectivity index (χ3n) is 2.76. The number of para-hydroxylation sites is 1. The van der Waals surface area contributed by atoms with Crippen LogP contribution in [-0.2, 0) is 0 Å². The van der Waals surface area contributed by atoms with Crippen LogP contribution in [0.5, 0.6) is 0 Å². The van der Waals surface area contributed by atoms with E-state index in [0.717, 1.165) is 5.52 Å². The molecule has 0 aliphatic rings. The van der Waals surface area contributed by atoms with Gasteiger partial charge >= 0.3 is 0 Å². The third kappa shape index (κ3) is 1.85. The zero-order chi connectivity index (χ0) is 10.8. The first kappa shape index (κ1) is 10.1. The van der Waals surface area contributed by atoms with Gasteiger partial charge in [0.25, 0.3) is 0 Å². The smallest absolute Gasteiger partial charge is 0.0737 e. The maximum atomic E-state index is 5.70. The summed E-state index contributed by atoms with van der Waals surface area (Å²) in [6.45, 7) is 4.86. The minimum atomic E-state index is 0.365. The maximum absolute atomic E-state index is 5.70. The van der Waals surface area contributed by atoms with Crippen LogP contribution in [0, 0.1) is 6.92 Å². The summed E-state index contributed by atoms with van der Waals surface area (Å²) in [5.74, 6) is 0.365. The van der Waals surface area contributed by atoms with Crippen molar-refractivity contribution in [2.24, 2.45) is 5.73 Å². The van der Waals surface area contributed by atoms with Crippen molar-refractivity contribution in [3.8, 4) is 0 Å². The Bertz CT molecular complexity index is 477. The molecule has 1 unspecified atom stereocenters. The van der Waals surface area contributed by atoms with Crippen LogP contribution < -0.4 is 5.73 Å². The molecule has 2 aromatic rings. The van der Waals surface area contributed by atoms with E-state index in [1.165, 1.54) is 16.5 Å². The van der Waals surface area contributed by atoms with E-state index in [9.17, 15) is 0 Å². The lowest BCUT2D eigenvalue weighted by atomic mass is 9.98. The molecule has 0 aliphatic carbocycles. The number of pyridine rings is 1. The van der Waals surface area contributed by atoms with Crippen LogP contribution in [0.1, 0.15) is 24.0 Å². The highest BCUT2D eigenvalue weighted by molar-refractivity contribution is 5.82. The second kappa shape index (κ2) is 3.99. The number of aromatic nitrogens is 1. The number of nitrogens with zero attached hydrogens (tertiary/aromatic N) is 1. The summed E-state index contributed by atoms with van der Waals surface area (Å²) in [5, 5.41) is 1.20. The standard InChI is InChI=1S/C13H16N2/c1-9-6-11-4-3-5-12(10(2)7-14)13(11)15-8-9/h3-6,8,10H,7,14H2,1-2H3. The van der Waals surface area contributed by atoms with Crippen molar-refractivity contribution in [1.29, 1.82) is 0 Å². The van der Waals surface area contributed by atoms with E-state index in [1.54, 1.807) is 0 Å². The number of hydrogen-bond acceptors (Lipinski definition) is 2. The summed E-state index contributed by atoms with van der Waals surface area (Å²) in [7, 11) is 0. The highest BCUT2D eigenvalue weighted by Crippen LogP contribution is 2.23. The molecule has 2 heteroatoms. The minimum Gasteiger partial charge on any atom is -0.330 e. The Hall–Kier alpha value is -1.41. The SMILES string of the molecule is Cc1cnc2c(C(C)CN)cccc2c1. The molecule has 0 aliphatic heterocycles. The van der Waals surface area contributed by atoms with Crippen LogP contribution in [-0.4, -0.2) is 11.5 Å². The fraction of sp³-hybridized carbons (Fsp3) is 0.308. The Morgan fingerprint density at radius 3 is 2.93 bits per heavy atom. The van der Waals surface area contributed by atoms with Crippen LogP contribution in [0.2, 0.25) is 0 Å². The van der Waals surface area contributed by atoms with Crippen molar-refractivity contribution < 1.29 is 0 Å². The first-order valence-electron chi connectivity index (χ1n) is 5.27. The molecule has 1 aromatic carbocycles. The average Bonchev–Trinajstić information content (AvgIpc) is 2.26. The fourth-order valence-corrected chi connectivity index (χ4v) is 1.82. The molecular weight excluding hydrogens is 184 g/mol. The lowest BCUT2D eigenvalue weighted by Crippen LogP contribution is -2.09. The third-order valence-corrected chi connectivity index (χ3v) is 2.76. The van der Waals surface area contributed by atoms with E-state index in [-0.39, 0.29) is 0 Å². The zero-order valence-electron chi connectivity index (χ0n) is 9.20. The van der Waals surface area contributed by atoms with E-state index in [1.807, 2.05) is 6.20 Å². The highest BCUT2D eigenvalue weighted by Gasteiger charge is 2.08. The van der Waals surface area contributed by atoms with Crippen LogP contribution in [0.25, 0.3) is 10.9 Å². The first-order valence-corrected chi connectivity index (χ1v) is 5.27. The Morgan fingerprint density at radius 1 is 1.40 bits per heavy atom. The molecule has 78 valence electrons. The topological polar surface area (TPSA) is 38.9 Å². The molecule has 2 nitrogen and oxygen atoms in total. The summed E-state index contributed by atoms with van der Waals surface area (Å²) < 4.78 is 0. The van der Waals surface area contributed by atoms with Crippen LogP contribution in [0.4, 0.5) is 0 Å². The van der Waals surface area contributed by atoms with Gasteiger partial charge in [-0.3, -0.25) is 4.98 Å². The second-order valence-corrected chi connectivity index (χ2v) is 4.07. The summed E-state index contributed by atoms with van der Waals surface area (Å²) in [6, 6.07) is 8.45. The van der Waals surface area contributed by atoms with Crippen molar-refractivity contribution in [1.82, 2.24) is 4.98 Å². The highest BCUT2D eigenvalue weighted by atomic mass is 14.7. The number of rotatable bonds is 2. The first-order chi connectivity index (χ1) is 7.22. The molecule has 2 N–H and O–H groups in total. The van der Waals surface area contributed by atoms with E-state index in [0.29, 0.717) is 12.5 Å². The molecule has 0 spiro atoms.